The van der Waals surface area contributed by atoms with Crippen molar-refractivity contribution in [3.05, 3.63) is 68.3 Å². The fourth-order valence-corrected chi connectivity index (χ4v) is 2.70. The molecule has 0 heterocycles. The van der Waals surface area contributed by atoms with Crippen molar-refractivity contribution < 1.29 is 22.0 Å². The Morgan fingerprint density at radius 2 is 1.67 bits per heavy atom. The first-order chi connectivity index (χ1) is 9.70. The van der Waals surface area contributed by atoms with Gasteiger partial charge in [-0.2, -0.15) is 13.2 Å². The highest BCUT2D eigenvalue weighted by Gasteiger charge is 2.34. The zero-order valence-corrected chi connectivity index (χ0v) is 12.5. The van der Waals surface area contributed by atoms with E-state index in [2.05, 4.69) is 0 Å². The molecule has 2 N–H and O–H groups in total. The second kappa shape index (κ2) is 5.88. The van der Waals surface area contributed by atoms with E-state index in [9.17, 15) is 22.0 Å². The van der Waals surface area contributed by atoms with Crippen molar-refractivity contribution in [2.45, 2.75) is 12.2 Å². The molecule has 2 rings (SSSR count). The van der Waals surface area contributed by atoms with E-state index in [1.54, 1.807) is 0 Å². The zero-order valence-electron chi connectivity index (χ0n) is 10.4. The molecule has 0 aromatic heterocycles. The SMILES string of the molecule is NC(c1ccc(F)c(C(F)(F)F)c1)c1ccc(F)cc1I. The molecular formula is C14H9F5IN. The topological polar surface area (TPSA) is 26.0 Å². The summed E-state index contributed by atoms with van der Waals surface area (Å²) in [5.74, 6) is -1.82. The highest BCUT2D eigenvalue weighted by molar-refractivity contribution is 14.1. The van der Waals surface area contributed by atoms with Crippen LogP contribution in [0.4, 0.5) is 22.0 Å². The molecule has 0 fully saturated rings. The van der Waals surface area contributed by atoms with Crippen LogP contribution in [-0.2, 0) is 6.18 Å². The third-order valence-electron chi connectivity index (χ3n) is 2.95. The second-order valence-corrected chi connectivity index (χ2v) is 5.54. The van der Waals surface area contributed by atoms with Crippen LogP contribution in [0.1, 0.15) is 22.7 Å². The largest absolute Gasteiger partial charge is 0.419 e. The molecule has 7 heteroatoms. The number of alkyl halides is 3. The number of halogens is 6. The molecule has 1 nitrogen and oxygen atoms in total. The van der Waals surface area contributed by atoms with Gasteiger partial charge in [-0.25, -0.2) is 8.78 Å². The van der Waals surface area contributed by atoms with E-state index in [1.165, 1.54) is 24.3 Å². The Morgan fingerprint density at radius 1 is 1.00 bits per heavy atom. The maximum Gasteiger partial charge on any atom is 0.419 e. The minimum Gasteiger partial charge on any atom is -0.320 e. The first-order valence-electron chi connectivity index (χ1n) is 5.77. The number of hydrogen-bond acceptors (Lipinski definition) is 1. The molecule has 0 spiro atoms. The fraction of sp³-hybridized carbons (Fsp3) is 0.143. The van der Waals surface area contributed by atoms with Gasteiger partial charge < -0.3 is 5.73 Å². The number of rotatable bonds is 2. The van der Waals surface area contributed by atoms with Gasteiger partial charge in [0.2, 0.25) is 0 Å². The average molecular weight is 413 g/mol. The molecule has 0 saturated heterocycles. The predicted octanol–water partition coefficient (Wildman–Crippen LogP) is 4.64. The van der Waals surface area contributed by atoms with Crippen LogP contribution in [0.25, 0.3) is 0 Å². The lowest BCUT2D eigenvalue weighted by Gasteiger charge is -2.17. The maximum absolute atomic E-state index is 13.3. The Morgan fingerprint density at radius 3 is 2.24 bits per heavy atom. The molecule has 112 valence electrons. The van der Waals surface area contributed by atoms with Gasteiger partial charge in [-0.15, -0.1) is 0 Å². The first-order valence-corrected chi connectivity index (χ1v) is 6.85. The van der Waals surface area contributed by atoms with Crippen LogP contribution in [0.3, 0.4) is 0 Å². The highest BCUT2D eigenvalue weighted by Crippen LogP contribution is 2.34. The van der Waals surface area contributed by atoms with E-state index in [0.29, 0.717) is 15.2 Å². The molecular weight excluding hydrogens is 404 g/mol. The van der Waals surface area contributed by atoms with Crippen LogP contribution < -0.4 is 5.73 Å². The Bertz CT molecular complexity index is 669. The molecule has 0 saturated carbocycles. The van der Waals surface area contributed by atoms with Crippen molar-refractivity contribution in [3.63, 3.8) is 0 Å². The standard InChI is InChI=1S/C14H9F5IN/c15-8-2-3-9(12(20)6-8)13(21)7-1-4-11(16)10(5-7)14(17,18)19/h1-6,13H,21H2. The quantitative estimate of drug-likeness (QED) is 0.564. The molecule has 1 atom stereocenters. The van der Waals surface area contributed by atoms with Crippen molar-refractivity contribution in [1.82, 2.24) is 0 Å². The Balaban J connectivity index is 2.46. The monoisotopic (exact) mass is 413 g/mol. The van der Waals surface area contributed by atoms with Gasteiger partial charge >= 0.3 is 6.18 Å². The average Bonchev–Trinajstić information content (AvgIpc) is 2.37. The van der Waals surface area contributed by atoms with Crippen LogP contribution >= 0.6 is 22.6 Å². The van der Waals surface area contributed by atoms with Crippen LogP contribution in [0.2, 0.25) is 0 Å². The van der Waals surface area contributed by atoms with Crippen molar-refractivity contribution in [2.75, 3.05) is 0 Å². The lowest BCUT2D eigenvalue weighted by molar-refractivity contribution is -0.140. The summed E-state index contributed by atoms with van der Waals surface area (Å²) in [7, 11) is 0. The summed E-state index contributed by atoms with van der Waals surface area (Å²) in [6, 6.07) is 5.50. The van der Waals surface area contributed by atoms with E-state index in [-0.39, 0.29) is 5.56 Å². The van der Waals surface area contributed by atoms with Gasteiger partial charge in [-0.05, 0) is 58.0 Å². The van der Waals surface area contributed by atoms with Gasteiger partial charge in [0.05, 0.1) is 11.6 Å². The molecule has 21 heavy (non-hydrogen) atoms. The highest BCUT2D eigenvalue weighted by atomic mass is 127. The third kappa shape index (κ3) is 3.52. The number of nitrogens with two attached hydrogens (primary N) is 1. The summed E-state index contributed by atoms with van der Waals surface area (Å²) in [6.07, 6.45) is -4.80. The third-order valence-corrected chi connectivity index (χ3v) is 3.89. The van der Waals surface area contributed by atoms with Gasteiger partial charge in [0.1, 0.15) is 11.6 Å². The molecule has 0 amide bonds. The van der Waals surface area contributed by atoms with E-state index < -0.39 is 29.4 Å². The van der Waals surface area contributed by atoms with Crippen molar-refractivity contribution in [3.8, 4) is 0 Å². The summed E-state index contributed by atoms with van der Waals surface area (Å²) >= 11 is 1.84. The molecule has 1 unspecified atom stereocenters. The molecule has 2 aromatic carbocycles. The Labute approximate surface area is 131 Å². The Hall–Kier alpha value is -1.22. The Kier molecular flexibility index (Phi) is 4.52. The molecule has 0 aliphatic carbocycles. The van der Waals surface area contributed by atoms with Gasteiger partial charge in [0, 0.05) is 3.57 Å². The minimum absolute atomic E-state index is 0.105. The van der Waals surface area contributed by atoms with Gasteiger partial charge in [0.25, 0.3) is 0 Å². The number of benzene rings is 2. The zero-order chi connectivity index (χ0) is 15.8. The summed E-state index contributed by atoms with van der Waals surface area (Å²) in [5.41, 5.74) is 5.12. The van der Waals surface area contributed by atoms with E-state index in [4.69, 9.17) is 5.73 Å². The summed E-state index contributed by atoms with van der Waals surface area (Å²) in [4.78, 5) is 0. The summed E-state index contributed by atoms with van der Waals surface area (Å²) < 4.78 is 64.9. The molecule has 0 aliphatic rings. The predicted molar refractivity (Wildman–Crippen MR) is 76.5 cm³/mol. The van der Waals surface area contributed by atoms with Gasteiger partial charge in [-0.3, -0.25) is 0 Å². The maximum atomic E-state index is 13.3. The van der Waals surface area contributed by atoms with Gasteiger partial charge in [-0.1, -0.05) is 12.1 Å². The lowest BCUT2D eigenvalue weighted by atomic mass is 9.97. The summed E-state index contributed by atoms with van der Waals surface area (Å²) in [5, 5.41) is 0. The summed E-state index contributed by atoms with van der Waals surface area (Å²) in [6.45, 7) is 0. The smallest absolute Gasteiger partial charge is 0.320 e. The molecule has 0 bridgehead atoms. The lowest BCUT2D eigenvalue weighted by Crippen LogP contribution is -2.16. The van der Waals surface area contributed by atoms with Gasteiger partial charge in [0.15, 0.2) is 0 Å². The van der Waals surface area contributed by atoms with E-state index >= 15 is 0 Å². The number of hydrogen-bond donors (Lipinski definition) is 1. The van der Waals surface area contributed by atoms with Crippen molar-refractivity contribution >= 4 is 22.6 Å². The minimum atomic E-state index is -4.80. The normalized spacial score (nSPS) is 13.3. The molecule has 0 radical (unpaired) electrons. The van der Waals surface area contributed by atoms with Crippen LogP contribution in [0.15, 0.2) is 36.4 Å². The van der Waals surface area contributed by atoms with Crippen LogP contribution in [-0.4, -0.2) is 0 Å². The van der Waals surface area contributed by atoms with Crippen LogP contribution in [0.5, 0.6) is 0 Å². The molecule has 2 aromatic rings. The van der Waals surface area contributed by atoms with Crippen LogP contribution in [0, 0.1) is 15.2 Å². The molecule has 0 aliphatic heterocycles. The van der Waals surface area contributed by atoms with E-state index in [1.807, 2.05) is 22.6 Å². The van der Waals surface area contributed by atoms with E-state index in [0.717, 1.165) is 6.07 Å². The second-order valence-electron chi connectivity index (χ2n) is 4.38. The fourth-order valence-electron chi connectivity index (χ4n) is 1.89. The first kappa shape index (κ1) is 16.2. The van der Waals surface area contributed by atoms with Crippen molar-refractivity contribution in [1.29, 1.82) is 0 Å². The van der Waals surface area contributed by atoms with Crippen molar-refractivity contribution in [2.24, 2.45) is 5.73 Å².